The highest BCUT2D eigenvalue weighted by Crippen LogP contribution is 2.23. The van der Waals surface area contributed by atoms with Crippen molar-refractivity contribution in [1.82, 2.24) is 9.62 Å². The second-order valence-electron chi connectivity index (χ2n) is 7.46. The van der Waals surface area contributed by atoms with Crippen LogP contribution in [0.25, 0.3) is 0 Å². The number of sulfonamides is 1. The highest BCUT2D eigenvalue weighted by Gasteiger charge is 2.28. The van der Waals surface area contributed by atoms with E-state index >= 15 is 0 Å². The van der Waals surface area contributed by atoms with E-state index in [1.807, 2.05) is 34.6 Å². The molecule has 0 spiro atoms. The van der Waals surface area contributed by atoms with Gasteiger partial charge in [0.05, 0.1) is 11.5 Å². The van der Waals surface area contributed by atoms with Crippen LogP contribution in [0.2, 0.25) is 0 Å². The lowest BCUT2D eigenvalue weighted by Crippen LogP contribution is -2.50. The highest BCUT2D eigenvalue weighted by molar-refractivity contribution is 7.89. The van der Waals surface area contributed by atoms with Crippen LogP contribution in [0.1, 0.15) is 53.0 Å². The van der Waals surface area contributed by atoms with E-state index in [9.17, 15) is 18.3 Å². The summed E-state index contributed by atoms with van der Waals surface area (Å²) in [5.74, 6) is -0.397. The summed E-state index contributed by atoms with van der Waals surface area (Å²) in [6, 6.07) is 5.41. The molecule has 1 amide bonds. The molecule has 0 bridgehead atoms. The molecule has 0 aromatic heterocycles. The van der Waals surface area contributed by atoms with Crippen LogP contribution < -0.4 is 4.72 Å². The van der Waals surface area contributed by atoms with Crippen LogP contribution in [0.4, 0.5) is 0 Å². The minimum Gasteiger partial charge on any atom is -0.394 e. The third kappa shape index (κ3) is 6.07. The first-order chi connectivity index (χ1) is 12.1. The fraction of sp³-hybridized carbons (Fsp3) is 0.632. The van der Waals surface area contributed by atoms with Gasteiger partial charge in [0.15, 0.2) is 0 Å². The lowest BCUT2D eigenvalue weighted by atomic mass is 9.87. The van der Waals surface area contributed by atoms with Crippen LogP contribution in [0.5, 0.6) is 0 Å². The second-order valence-corrected chi connectivity index (χ2v) is 9.17. The summed E-state index contributed by atoms with van der Waals surface area (Å²) in [5.41, 5.74) is 0.934. The molecule has 0 fully saturated rings. The molecule has 0 aliphatic heterocycles. The first kappa shape index (κ1) is 22.6. The Morgan fingerprint density at radius 1 is 1.12 bits per heavy atom. The van der Waals surface area contributed by atoms with Crippen LogP contribution in [-0.2, 0) is 20.2 Å². The van der Waals surface area contributed by atoms with Crippen molar-refractivity contribution in [3.05, 3.63) is 29.8 Å². The zero-order valence-corrected chi connectivity index (χ0v) is 17.3. The Hall–Kier alpha value is -1.44. The number of hydrogen-bond donors (Lipinski definition) is 2. The molecule has 0 aliphatic rings. The van der Waals surface area contributed by atoms with Crippen molar-refractivity contribution >= 4 is 15.9 Å². The molecule has 0 heterocycles. The maximum atomic E-state index is 12.6. The number of aliphatic hydroxyl groups excluding tert-OH is 1. The summed E-state index contributed by atoms with van der Waals surface area (Å²) >= 11 is 0. The number of nitrogens with one attached hydrogen (secondary N) is 1. The molecule has 2 N–H and O–H groups in total. The molecule has 1 aromatic carbocycles. The van der Waals surface area contributed by atoms with Crippen molar-refractivity contribution in [3.8, 4) is 0 Å². The van der Waals surface area contributed by atoms with Crippen molar-refractivity contribution in [1.29, 1.82) is 0 Å². The van der Waals surface area contributed by atoms with Gasteiger partial charge in [0.2, 0.25) is 15.9 Å². The molecule has 6 nitrogen and oxygen atoms in total. The number of nitrogens with zero attached hydrogens (tertiary/aromatic N) is 1. The molecule has 7 heteroatoms. The van der Waals surface area contributed by atoms with Gasteiger partial charge in [-0.15, -0.1) is 0 Å². The van der Waals surface area contributed by atoms with E-state index in [1.54, 1.807) is 17.0 Å². The van der Waals surface area contributed by atoms with Crippen molar-refractivity contribution in [2.24, 2.45) is 0 Å². The van der Waals surface area contributed by atoms with Gasteiger partial charge in [-0.2, -0.15) is 4.72 Å². The second kappa shape index (κ2) is 9.48. The third-order valence-electron chi connectivity index (χ3n) is 4.11. The molecule has 0 saturated carbocycles. The molecule has 26 heavy (non-hydrogen) atoms. The Balaban J connectivity index is 2.99. The van der Waals surface area contributed by atoms with Gasteiger partial charge in [-0.25, -0.2) is 8.42 Å². The van der Waals surface area contributed by atoms with E-state index in [2.05, 4.69) is 4.72 Å². The molecule has 1 unspecified atom stereocenters. The fourth-order valence-electron chi connectivity index (χ4n) is 2.65. The molecule has 1 atom stereocenters. The predicted octanol–water partition coefficient (Wildman–Crippen LogP) is 2.27. The standard InChI is InChI=1S/C19H32N2O4S/c1-6-12-21(13-7-2)18(23)17(14-22)20-26(24,25)16-10-8-15(9-11-16)19(3,4)5/h8-11,17,20,22H,6-7,12-14H2,1-5H3. The summed E-state index contributed by atoms with van der Waals surface area (Å²) < 4.78 is 27.6. The Labute approximate surface area is 157 Å². The van der Waals surface area contributed by atoms with Crippen molar-refractivity contribution in [2.45, 2.75) is 63.8 Å². The van der Waals surface area contributed by atoms with Crippen LogP contribution in [0, 0.1) is 0 Å². The Bertz CT molecular complexity index is 672. The van der Waals surface area contributed by atoms with Gasteiger partial charge in [0.1, 0.15) is 6.04 Å². The van der Waals surface area contributed by atoms with E-state index in [0.29, 0.717) is 13.1 Å². The van der Waals surface area contributed by atoms with Crippen LogP contribution in [0.3, 0.4) is 0 Å². The fourth-order valence-corrected chi connectivity index (χ4v) is 3.83. The summed E-state index contributed by atoms with van der Waals surface area (Å²) in [7, 11) is -3.90. The van der Waals surface area contributed by atoms with Crippen molar-refractivity contribution < 1.29 is 18.3 Å². The van der Waals surface area contributed by atoms with E-state index in [-0.39, 0.29) is 10.3 Å². The van der Waals surface area contributed by atoms with Gasteiger partial charge in [0.25, 0.3) is 0 Å². The van der Waals surface area contributed by atoms with E-state index in [1.165, 1.54) is 12.1 Å². The highest BCUT2D eigenvalue weighted by atomic mass is 32.2. The van der Waals surface area contributed by atoms with Crippen LogP contribution in [-0.4, -0.2) is 50.1 Å². The SMILES string of the molecule is CCCN(CCC)C(=O)C(CO)NS(=O)(=O)c1ccc(C(C)(C)C)cc1. The lowest BCUT2D eigenvalue weighted by Gasteiger charge is -2.26. The molecule has 0 saturated heterocycles. The largest absolute Gasteiger partial charge is 0.394 e. The number of rotatable bonds is 9. The molecule has 0 aliphatic carbocycles. The molecule has 0 radical (unpaired) electrons. The average Bonchev–Trinajstić information content (AvgIpc) is 2.58. The van der Waals surface area contributed by atoms with E-state index in [4.69, 9.17) is 0 Å². The quantitative estimate of drug-likeness (QED) is 0.684. The van der Waals surface area contributed by atoms with Crippen LogP contribution in [0.15, 0.2) is 29.2 Å². The minimum atomic E-state index is -3.90. The van der Waals surface area contributed by atoms with Crippen LogP contribution >= 0.6 is 0 Å². The number of hydrogen-bond acceptors (Lipinski definition) is 4. The molecular formula is C19H32N2O4S. The Morgan fingerprint density at radius 2 is 1.62 bits per heavy atom. The molecule has 1 rings (SSSR count). The Kier molecular flexibility index (Phi) is 8.24. The topological polar surface area (TPSA) is 86.7 Å². The monoisotopic (exact) mass is 384 g/mol. The van der Waals surface area contributed by atoms with Gasteiger partial charge in [-0.05, 0) is 36.0 Å². The summed E-state index contributed by atoms with van der Waals surface area (Å²) in [6.07, 6.45) is 1.54. The molecule has 1 aromatic rings. The van der Waals surface area contributed by atoms with Gasteiger partial charge < -0.3 is 10.0 Å². The zero-order chi connectivity index (χ0) is 20.0. The predicted molar refractivity (Wildman–Crippen MR) is 103 cm³/mol. The van der Waals surface area contributed by atoms with Crippen molar-refractivity contribution in [2.75, 3.05) is 19.7 Å². The van der Waals surface area contributed by atoms with E-state index in [0.717, 1.165) is 18.4 Å². The number of amides is 1. The normalized spacial score (nSPS) is 13.5. The average molecular weight is 385 g/mol. The Morgan fingerprint density at radius 3 is 2.00 bits per heavy atom. The van der Waals surface area contributed by atoms with Gasteiger partial charge in [-0.1, -0.05) is 46.8 Å². The van der Waals surface area contributed by atoms with Gasteiger partial charge in [-0.3, -0.25) is 4.79 Å². The first-order valence-corrected chi connectivity index (χ1v) is 10.6. The summed E-state index contributed by atoms with van der Waals surface area (Å²) in [5, 5.41) is 9.57. The minimum absolute atomic E-state index is 0.0780. The third-order valence-corrected chi connectivity index (χ3v) is 5.60. The lowest BCUT2D eigenvalue weighted by molar-refractivity contribution is -0.134. The summed E-state index contributed by atoms with van der Waals surface area (Å²) in [6.45, 7) is 10.5. The maximum Gasteiger partial charge on any atom is 0.243 e. The van der Waals surface area contributed by atoms with Gasteiger partial charge >= 0.3 is 0 Å². The van der Waals surface area contributed by atoms with Gasteiger partial charge in [0, 0.05) is 13.1 Å². The molecule has 148 valence electrons. The van der Waals surface area contributed by atoms with Crippen molar-refractivity contribution in [3.63, 3.8) is 0 Å². The zero-order valence-electron chi connectivity index (χ0n) is 16.4. The first-order valence-electron chi connectivity index (χ1n) is 9.09. The number of carbonyl (C=O) groups excluding carboxylic acids is 1. The molecular weight excluding hydrogens is 352 g/mol. The maximum absolute atomic E-state index is 12.6. The number of aliphatic hydroxyl groups is 1. The number of benzene rings is 1. The smallest absolute Gasteiger partial charge is 0.243 e. The van der Waals surface area contributed by atoms with E-state index < -0.39 is 28.6 Å². The summed E-state index contributed by atoms with van der Waals surface area (Å²) in [4.78, 5) is 14.3. The number of carbonyl (C=O) groups is 1.